The average Bonchev–Trinajstić information content (AvgIpc) is 3.01. The molecule has 2 unspecified atom stereocenters. The van der Waals surface area contributed by atoms with Crippen molar-refractivity contribution in [1.29, 1.82) is 0 Å². The van der Waals surface area contributed by atoms with Crippen molar-refractivity contribution in [2.45, 2.75) is 44.8 Å². The second kappa shape index (κ2) is 5.41. The van der Waals surface area contributed by atoms with E-state index in [1.54, 1.807) is 0 Å². The fourth-order valence-electron chi connectivity index (χ4n) is 3.48. The zero-order chi connectivity index (χ0) is 12.4. The molecule has 0 amide bonds. The molecule has 0 radical (unpaired) electrons. The third-order valence-electron chi connectivity index (χ3n) is 4.57. The van der Waals surface area contributed by atoms with Crippen LogP contribution in [0.4, 0.5) is 0 Å². The number of likely N-dealkylation sites (tertiary alicyclic amines) is 2. The lowest BCUT2D eigenvalue weighted by Crippen LogP contribution is -2.35. The summed E-state index contributed by atoms with van der Waals surface area (Å²) in [4.78, 5) is 5.36. The van der Waals surface area contributed by atoms with E-state index in [-0.39, 0.29) is 0 Å². The highest BCUT2D eigenvalue weighted by atomic mass is 15.3. The Balaban J connectivity index is 1.60. The monoisotopic (exact) mass is 244 g/mol. The van der Waals surface area contributed by atoms with Gasteiger partial charge in [0.15, 0.2) is 0 Å². The molecular weight excluding hydrogens is 220 g/mol. The summed E-state index contributed by atoms with van der Waals surface area (Å²) in [5.41, 5.74) is 1.45. The van der Waals surface area contributed by atoms with E-state index in [1.807, 2.05) is 0 Å². The molecule has 98 valence electrons. The smallest absolute Gasteiger partial charge is 0.0238 e. The molecule has 2 heteroatoms. The van der Waals surface area contributed by atoms with Gasteiger partial charge in [0, 0.05) is 25.2 Å². The van der Waals surface area contributed by atoms with Crippen molar-refractivity contribution in [3.63, 3.8) is 0 Å². The minimum atomic E-state index is 0.732. The van der Waals surface area contributed by atoms with Gasteiger partial charge in [-0.25, -0.2) is 0 Å². The summed E-state index contributed by atoms with van der Waals surface area (Å²) in [7, 11) is 0. The number of hydrogen-bond acceptors (Lipinski definition) is 2. The van der Waals surface area contributed by atoms with Crippen LogP contribution < -0.4 is 0 Å². The third-order valence-corrected chi connectivity index (χ3v) is 4.57. The van der Waals surface area contributed by atoms with Gasteiger partial charge in [0.1, 0.15) is 0 Å². The lowest BCUT2D eigenvalue weighted by Gasteiger charge is -2.24. The Morgan fingerprint density at radius 2 is 1.83 bits per heavy atom. The molecule has 2 saturated heterocycles. The largest absolute Gasteiger partial charge is 0.299 e. The van der Waals surface area contributed by atoms with Crippen molar-refractivity contribution in [3.05, 3.63) is 35.9 Å². The highest BCUT2D eigenvalue weighted by Gasteiger charge is 2.33. The van der Waals surface area contributed by atoms with Crippen LogP contribution in [0.2, 0.25) is 0 Å². The predicted octanol–water partition coefficient (Wildman–Crippen LogP) is 2.75. The van der Waals surface area contributed by atoms with Crippen molar-refractivity contribution in [3.8, 4) is 0 Å². The van der Waals surface area contributed by atoms with Crippen LogP contribution in [0, 0.1) is 0 Å². The molecule has 2 atom stereocenters. The molecule has 2 fully saturated rings. The number of nitrogens with zero attached hydrogens (tertiary/aromatic N) is 2. The lowest BCUT2D eigenvalue weighted by atomic mass is 10.1. The third kappa shape index (κ3) is 2.60. The molecule has 2 aliphatic heterocycles. The van der Waals surface area contributed by atoms with Crippen LogP contribution in [0.1, 0.15) is 31.7 Å². The second-order valence-corrected chi connectivity index (χ2v) is 5.90. The van der Waals surface area contributed by atoms with Crippen molar-refractivity contribution >= 4 is 0 Å². The maximum atomic E-state index is 2.71. The average molecular weight is 244 g/mol. The van der Waals surface area contributed by atoms with Crippen molar-refractivity contribution in [1.82, 2.24) is 9.80 Å². The minimum absolute atomic E-state index is 0.732. The van der Waals surface area contributed by atoms with Crippen molar-refractivity contribution in [2.75, 3.05) is 19.6 Å². The Kier molecular flexibility index (Phi) is 3.67. The Bertz CT molecular complexity index is 370. The van der Waals surface area contributed by atoms with Gasteiger partial charge < -0.3 is 0 Å². The fourth-order valence-corrected chi connectivity index (χ4v) is 3.48. The Labute approximate surface area is 111 Å². The van der Waals surface area contributed by atoms with Gasteiger partial charge in [-0.15, -0.1) is 0 Å². The van der Waals surface area contributed by atoms with E-state index in [1.165, 1.54) is 44.5 Å². The van der Waals surface area contributed by atoms with Crippen LogP contribution in [0.3, 0.4) is 0 Å². The summed E-state index contributed by atoms with van der Waals surface area (Å²) >= 11 is 0. The minimum Gasteiger partial charge on any atom is -0.299 e. The summed E-state index contributed by atoms with van der Waals surface area (Å²) in [6.45, 7) is 7.43. The van der Waals surface area contributed by atoms with Crippen LogP contribution in [-0.2, 0) is 6.54 Å². The van der Waals surface area contributed by atoms with E-state index in [4.69, 9.17) is 0 Å². The molecule has 0 bridgehead atoms. The topological polar surface area (TPSA) is 6.48 Å². The molecule has 2 nitrogen and oxygen atoms in total. The predicted molar refractivity (Wildman–Crippen MR) is 75.5 cm³/mol. The Morgan fingerprint density at radius 3 is 2.56 bits per heavy atom. The van der Waals surface area contributed by atoms with E-state index in [0.717, 1.165) is 18.6 Å². The molecule has 0 aliphatic carbocycles. The normalized spacial score (nSPS) is 30.1. The first-order valence-electron chi connectivity index (χ1n) is 7.35. The van der Waals surface area contributed by atoms with Crippen molar-refractivity contribution in [2.24, 2.45) is 0 Å². The van der Waals surface area contributed by atoms with Crippen LogP contribution in [0.25, 0.3) is 0 Å². The summed E-state index contributed by atoms with van der Waals surface area (Å²) < 4.78 is 0. The number of rotatable bonds is 3. The summed E-state index contributed by atoms with van der Waals surface area (Å²) in [6, 6.07) is 12.4. The van der Waals surface area contributed by atoms with Crippen LogP contribution >= 0.6 is 0 Å². The Hall–Kier alpha value is -0.860. The Morgan fingerprint density at radius 1 is 1.11 bits per heavy atom. The van der Waals surface area contributed by atoms with Gasteiger partial charge in [0.25, 0.3) is 0 Å². The SMILES string of the molecule is CC1CC(N2CCCC2)CN1Cc1ccccc1. The molecular formula is C16H24N2. The molecule has 0 N–H and O–H groups in total. The first kappa shape index (κ1) is 12.2. The maximum Gasteiger partial charge on any atom is 0.0238 e. The van der Waals surface area contributed by atoms with Crippen LogP contribution in [0.15, 0.2) is 30.3 Å². The van der Waals surface area contributed by atoms with E-state index < -0.39 is 0 Å². The highest BCUT2D eigenvalue weighted by molar-refractivity contribution is 5.15. The van der Waals surface area contributed by atoms with Gasteiger partial charge in [0.05, 0.1) is 0 Å². The molecule has 1 aromatic rings. The van der Waals surface area contributed by atoms with Crippen LogP contribution in [-0.4, -0.2) is 41.5 Å². The van der Waals surface area contributed by atoms with Gasteiger partial charge in [-0.3, -0.25) is 9.80 Å². The molecule has 1 aromatic carbocycles. The van der Waals surface area contributed by atoms with Crippen LogP contribution in [0.5, 0.6) is 0 Å². The standard InChI is InChI=1S/C16H24N2/c1-14-11-16(17-9-5-6-10-17)13-18(14)12-15-7-3-2-4-8-15/h2-4,7-8,14,16H,5-6,9-13H2,1H3. The first-order valence-corrected chi connectivity index (χ1v) is 7.35. The summed E-state index contributed by atoms with van der Waals surface area (Å²) in [5, 5.41) is 0. The maximum absolute atomic E-state index is 2.71. The zero-order valence-corrected chi connectivity index (χ0v) is 11.4. The molecule has 18 heavy (non-hydrogen) atoms. The molecule has 2 heterocycles. The molecule has 3 rings (SSSR count). The number of benzene rings is 1. The van der Waals surface area contributed by atoms with Gasteiger partial charge in [-0.2, -0.15) is 0 Å². The van der Waals surface area contributed by atoms with E-state index in [0.29, 0.717) is 0 Å². The first-order chi connectivity index (χ1) is 8.83. The second-order valence-electron chi connectivity index (χ2n) is 5.90. The molecule has 0 aromatic heterocycles. The van der Waals surface area contributed by atoms with Gasteiger partial charge in [-0.05, 0) is 44.8 Å². The summed E-state index contributed by atoms with van der Waals surface area (Å²) in [6.07, 6.45) is 4.17. The lowest BCUT2D eigenvalue weighted by molar-refractivity contribution is 0.221. The van der Waals surface area contributed by atoms with Crippen molar-refractivity contribution < 1.29 is 0 Å². The number of hydrogen-bond donors (Lipinski definition) is 0. The van der Waals surface area contributed by atoms with Gasteiger partial charge in [-0.1, -0.05) is 30.3 Å². The highest BCUT2D eigenvalue weighted by Crippen LogP contribution is 2.26. The van der Waals surface area contributed by atoms with E-state index in [2.05, 4.69) is 47.1 Å². The van der Waals surface area contributed by atoms with Gasteiger partial charge >= 0.3 is 0 Å². The zero-order valence-electron chi connectivity index (χ0n) is 11.4. The van der Waals surface area contributed by atoms with E-state index in [9.17, 15) is 0 Å². The summed E-state index contributed by atoms with van der Waals surface area (Å²) in [5.74, 6) is 0. The molecule has 2 aliphatic rings. The fraction of sp³-hybridized carbons (Fsp3) is 0.625. The quantitative estimate of drug-likeness (QED) is 0.806. The van der Waals surface area contributed by atoms with E-state index >= 15 is 0 Å². The molecule has 0 spiro atoms. The molecule has 0 saturated carbocycles. The van der Waals surface area contributed by atoms with Gasteiger partial charge in [0.2, 0.25) is 0 Å².